The van der Waals surface area contributed by atoms with Gasteiger partial charge in [0.05, 0.1) is 10.6 Å². The summed E-state index contributed by atoms with van der Waals surface area (Å²) in [4.78, 5) is 13.3. The minimum Gasteiger partial charge on any atom is -0.268 e. The Kier molecular flexibility index (Phi) is 8.23. The van der Waals surface area contributed by atoms with Crippen LogP contribution in [0, 0.1) is 0 Å². The number of carbonyl (C=O) groups excluding carboxylic acids is 1. The van der Waals surface area contributed by atoms with E-state index in [-0.39, 0.29) is 4.90 Å². The van der Waals surface area contributed by atoms with Crippen molar-refractivity contribution in [3.63, 3.8) is 0 Å². The van der Waals surface area contributed by atoms with Gasteiger partial charge in [-0.05, 0) is 65.8 Å². The molecule has 0 heterocycles. The number of benzene rings is 3. The molecule has 0 fully saturated rings. The zero-order chi connectivity index (χ0) is 23.8. The van der Waals surface area contributed by atoms with Crippen LogP contribution >= 0.6 is 0 Å². The summed E-state index contributed by atoms with van der Waals surface area (Å²) >= 11 is 0. The summed E-state index contributed by atoms with van der Waals surface area (Å²) in [5, 5.41) is 0. The number of unbranched alkanes of at least 4 members (excludes halogenated alkanes) is 1. The Bertz CT molecular complexity index is 1180. The Morgan fingerprint density at radius 2 is 1.55 bits per heavy atom. The van der Waals surface area contributed by atoms with E-state index in [4.69, 9.17) is 0 Å². The summed E-state index contributed by atoms with van der Waals surface area (Å²) in [5.41, 5.74) is 3.48. The number of rotatable bonds is 9. The van der Waals surface area contributed by atoms with Crippen molar-refractivity contribution >= 4 is 27.7 Å². The van der Waals surface area contributed by atoms with Gasteiger partial charge in [0, 0.05) is 6.08 Å². The fourth-order valence-electron chi connectivity index (χ4n) is 3.49. The summed E-state index contributed by atoms with van der Waals surface area (Å²) in [6, 6.07) is 23.1. The first-order chi connectivity index (χ1) is 15.8. The van der Waals surface area contributed by atoms with Crippen LogP contribution in [0.1, 0.15) is 56.2 Å². The number of carbonyl (C=O) groups is 1. The summed E-state index contributed by atoms with van der Waals surface area (Å²) in [6.07, 6.45) is 6.02. The lowest BCUT2D eigenvalue weighted by molar-refractivity contribution is -0.113. The molecule has 0 bridgehead atoms. The van der Waals surface area contributed by atoms with Crippen LogP contribution in [0.5, 0.6) is 0 Å². The normalized spacial score (nSPS) is 11.8. The molecule has 1 amide bonds. The minimum absolute atomic E-state index is 0.0723. The van der Waals surface area contributed by atoms with E-state index in [0.717, 1.165) is 34.7 Å². The third-order valence-electron chi connectivity index (χ3n) is 5.49. The van der Waals surface area contributed by atoms with E-state index in [1.165, 1.54) is 23.8 Å². The average Bonchev–Trinajstić information content (AvgIpc) is 2.83. The molecule has 0 saturated carbocycles. The van der Waals surface area contributed by atoms with E-state index >= 15 is 0 Å². The van der Waals surface area contributed by atoms with E-state index in [2.05, 4.69) is 20.8 Å². The van der Waals surface area contributed by atoms with Crippen LogP contribution in [0.25, 0.3) is 6.08 Å². The van der Waals surface area contributed by atoms with Gasteiger partial charge in [-0.1, -0.05) is 81.8 Å². The predicted molar refractivity (Wildman–Crippen MR) is 136 cm³/mol. The smallest absolute Gasteiger partial charge is 0.268 e. The van der Waals surface area contributed by atoms with Crippen molar-refractivity contribution in [1.82, 2.24) is 0 Å². The molecule has 0 N–H and O–H groups in total. The molecule has 0 unspecified atom stereocenters. The van der Waals surface area contributed by atoms with Gasteiger partial charge in [0.2, 0.25) is 0 Å². The monoisotopic (exact) mass is 461 g/mol. The molecule has 0 aromatic heterocycles. The zero-order valence-corrected chi connectivity index (χ0v) is 20.3. The fraction of sp³-hybridized carbons (Fsp3) is 0.250. The molecule has 0 saturated heterocycles. The highest BCUT2D eigenvalue weighted by molar-refractivity contribution is 7.93. The van der Waals surface area contributed by atoms with Crippen molar-refractivity contribution in [1.29, 1.82) is 0 Å². The maximum atomic E-state index is 13.4. The van der Waals surface area contributed by atoms with Gasteiger partial charge in [-0.25, -0.2) is 8.42 Å². The Morgan fingerprint density at radius 1 is 0.909 bits per heavy atom. The summed E-state index contributed by atoms with van der Waals surface area (Å²) in [7, 11) is -4.07. The second-order valence-electron chi connectivity index (χ2n) is 8.35. The highest BCUT2D eigenvalue weighted by atomic mass is 32.2. The molecule has 0 aliphatic rings. The Labute approximate surface area is 197 Å². The van der Waals surface area contributed by atoms with Crippen molar-refractivity contribution in [2.24, 2.45) is 0 Å². The number of nitrogens with zero attached hydrogens (tertiary/aromatic N) is 1. The first-order valence-electron chi connectivity index (χ1n) is 11.3. The number of amides is 1. The molecule has 0 atom stereocenters. The van der Waals surface area contributed by atoms with Gasteiger partial charge in [-0.3, -0.25) is 4.79 Å². The zero-order valence-electron chi connectivity index (χ0n) is 19.4. The molecule has 0 aliphatic heterocycles. The third-order valence-corrected chi connectivity index (χ3v) is 7.23. The van der Waals surface area contributed by atoms with Crippen molar-refractivity contribution in [2.75, 3.05) is 4.31 Å². The average molecular weight is 462 g/mol. The summed E-state index contributed by atoms with van der Waals surface area (Å²) < 4.78 is 27.7. The van der Waals surface area contributed by atoms with Crippen LogP contribution < -0.4 is 4.31 Å². The second kappa shape index (κ2) is 11.1. The van der Waals surface area contributed by atoms with E-state index in [9.17, 15) is 13.2 Å². The lowest BCUT2D eigenvalue weighted by atomic mass is 10.0. The molecular weight excluding hydrogens is 430 g/mol. The molecule has 4 nitrogen and oxygen atoms in total. The van der Waals surface area contributed by atoms with Gasteiger partial charge in [-0.2, -0.15) is 4.31 Å². The highest BCUT2D eigenvalue weighted by Gasteiger charge is 2.29. The van der Waals surface area contributed by atoms with E-state index in [1.807, 2.05) is 36.4 Å². The van der Waals surface area contributed by atoms with E-state index < -0.39 is 15.9 Å². The number of hydrogen-bond donors (Lipinski definition) is 0. The van der Waals surface area contributed by atoms with Crippen molar-refractivity contribution in [2.45, 2.75) is 50.8 Å². The van der Waals surface area contributed by atoms with Crippen LogP contribution in [-0.2, 0) is 21.2 Å². The van der Waals surface area contributed by atoms with Crippen LogP contribution in [-0.4, -0.2) is 14.3 Å². The minimum atomic E-state index is -4.07. The topological polar surface area (TPSA) is 54.5 Å². The van der Waals surface area contributed by atoms with Crippen LogP contribution in [0.4, 0.5) is 5.69 Å². The fourth-order valence-corrected chi connectivity index (χ4v) is 4.90. The predicted octanol–water partition coefficient (Wildman–Crippen LogP) is 6.59. The van der Waals surface area contributed by atoms with Crippen LogP contribution in [0.3, 0.4) is 0 Å². The number of anilines is 1. The quantitative estimate of drug-likeness (QED) is 0.338. The number of aryl methyl sites for hydroxylation is 1. The molecule has 0 aliphatic carbocycles. The van der Waals surface area contributed by atoms with Gasteiger partial charge in [-0.15, -0.1) is 0 Å². The molecule has 0 radical (unpaired) electrons. The lowest BCUT2D eigenvalue weighted by Crippen LogP contribution is -2.35. The van der Waals surface area contributed by atoms with Gasteiger partial charge in [0.15, 0.2) is 0 Å². The highest BCUT2D eigenvalue weighted by Crippen LogP contribution is 2.25. The van der Waals surface area contributed by atoms with Crippen molar-refractivity contribution in [3.05, 3.63) is 102 Å². The molecule has 33 heavy (non-hydrogen) atoms. The van der Waals surface area contributed by atoms with E-state index in [1.54, 1.807) is 36.4 Å². The molecule has 3 rings (SSSR count). The molecule has 3 aromatic rings. The maximum absolute atomic E-state index is 13.4. The van der Waals surface area contributed by atoms with Gasteiger partial charge >= 0.3 is 0 Å². The molecule has 3 aromatic carbocycles. The Balaban J connectivity index is 1.95. The van der Waals surface area contributed by atoms with Gasteiger partial charge in [0.25, 0.3) is 15.9 Å². The standard InChI is InChI=1S/C28H31NO3S/c1-4-5-9-23-14-19-26(20-15-23)29(33(31,32)27-10-7-6-8-11-27)28(30)21-16-24-12-17-25(18-13-24)22(2)3/h6-8,10-22H,4-5,9H2,1-3H3/b21-16+. The lowest BCUT2D eigenvalue weighted by Gasteiger charge is -2.21. The van der Waals surface area contributed by atoms with Crippen molar-refractivity contribution < 1.29 is 13.2 Å². The second-order valence-corrected chi connectivity index (χ2v) is 10.1. The van der Waals surface area contributed by atoms with E-state index in [0.29, 0.717) is 11.6 Å². The summed E-state index contributed by atoms with van der Waals surface area (Å²) in [6.45, 7) is 6.37. The first kappa shape index (κ1) is 24.5. The van der Waals surface area contributed by atoms with Crippen molar-refractivity contribution in [3.8, 4) is 0 Å². The molecular formula is C28H31NO3S. The van der Waals surface area contributed by atoms with Crippen LogP contribution in [0.2, 0.25) is 0 Å². The molecule has 172 valence electrons. The number of sulfonamides is 1. The summed E-state index contributed by atoms with van der Waals surface area (Å²) in [5.74, 6) is -0.204. The first-order valence-corrected chi connectivity index (χ1v) is 12.8. The Morgan fingerprint density at radius 3 is 2.12 bits per heavy atom. The largest absolute Gasteiger partial charge is 0.271 e. The van der Waals surface area contributed by atoms with Crippen LogP contribution in [0.15, 0.2) is 89.8 Å². The number of hydrogen-bond acceptors (Lipinski definition) is 3. The maximum Gasteiger partial charge on any atom is 0.271 e. The Hall–Kier alpha value is -3.18. The third kappa shape index (κ3) is 6.20. The molecule has 0 spiro atoms. The van der Waals surface area contributed by atoms with Gasteiger partial charge < -0.3 is 0 Å². The van der Waals surface area contributed by atoms with Gasteiger partial charge in [0.1, 0.15) is 0 Å². The SMILES string of the molecule is CCCCc1ccc(N(C(=O)/C=C/c2ccc(C(C)C)cc2)S(=O)(=O)c2ccccc2)cc1. The molecule has 5 heteroatoms.